The molecule has 1 saturated heterocycles. The highest BCUT2D eigenvalue weighted by Crippen LogP contribution is 2.30. The number of hydrogen-bond acceptors (Lipinski definition) is 6. The van der Waals surface area contributed by atoms with E-state index >= 15 is 0 Å². The third-order valence-electron chi connectivity index (χ3n) is 6.17. The lowest BCUT2D eigenvalue weighted by molar-refractivity contribution is 0.0526. The summed E-state index contributed by atoms with van der Waals surface area (Å²) in [6, 6.07) is 6.58. The molecular weight excluding hydrogens is 406 g/mol. The van der Waals surface area contributed by atoms with Gasteiger partial charge < -0.3 is 19.9 Å². The van der Waals surface area contributed by atoms with Crippen molar-refractivity contribution in [1.29, 1.82) is 0 Å². The van der Waals surface area contributed by atoms with Crippen LogP contribution in [0, 0.1) is 12.8 Å². The van der Waals surface area contributed by atoms with Gasteiger partial charge in [-0.3, -0.25) is 0 Å². The van der Waals surface area contributed by atoms with E-state index in [1.807, 2.05) is 6.92 Å². The van der Waals surface area contributed by atoms with Gasteiger partial charge in [0.2, 0.25) is 0 Å². The van der Waals surface area contributed by atoms with Crippen molar-refractivity contribution >= 4 is 23.5 Å². The van der Waals surface area contributed by atoms with E-state index in [1.165, 1.54) is 0 Å². The molecular formula is C24H31N5O3. The second-order valence-corrected chi connectivity index (χ2v) is 8.59. The Balaban J connectivity index is 1.46. The molecule has 2 aromatic rings. The summed E-state index contributed by atoms with van der Waals surface area (Å²) in [5, 5.41) is 2.94. The number of aryl methyl sites for hydroxylation is 1. The average Bonchev–Trinajstić information content (AvgIpc) is 2.79. The number of carbonyl (C=O) groups excluding carboxylic acids is 2. The number of hydrogen-bond donors (Lipinski definition) is 1. The van der Waals surface area contributed by atoms with Gasteiger partial charge in [0.25, 0.3) is 0 Å². The maximum absolute atomic E-state index is 13.0. The van der Waals surface area contributed by atoms with Crippen LogP contribution in [0.3, 0.4) is 0 Å². The van der Waals surface area contributed by atoms with E-state index in [0.717, 1.165) is 54.7 Å². The smallest absolute Gasteiger partial charge is 0.338 e. The summed E-state index contributed by atoms with van der Waals surface area (Å²) in [6.07, 6.45) is 3.03. The lowest BCUT2D eigenvalue weighted by Crippen LogP contribution is -2.41. The van der Waals surface area contributed by atoms with Crippen LogP contribution >= 0.6 is 0 Å². The fourth-order valence-electron chi connectivity index (χ4n) is 4.28. The molecule has 4 rings (SSSR count). The minimum Gasteiger partial charge on any atom is -0.462 e. The molecule has 3 heterocycles. The Morgan fingerprint density at radius 3 is 2.53 bits per heavy atom. The van der Waals surface area contributed by atoms with Gasteiger partial charge in [0.15, 0.2) is 0 Å². The van der Waals surface area contributed by atoms with Crippen LogP contribution in [-0.2, 0) is 17.7 Å². The van der Waals surface area contributed by atoms with Crippen molar-refractivity contribution in [2.45, 2.75) is 46.6 Å². The Morgan fingerprint density at radius 1 is 1.12 bits per heavy atom. The van der Waals surface area contributed by atoms with Crippen LogP contribution in [0.2, 0.25) is 0 Å². The quantitative estimate of drug-likeness (QED) is 0.733. The number of aromatic nitrogens is 2. The SMILES string of the molecule is CCOC(=O)c1ccc(NC(=O)N2CCc3nc(C)nc(N4CCC(C)CC4)c3C2)cc1. The first-order chi connectivity index (χ1) is 15.4. The highest BCUT2D eigenvalue weighted by molar-refractivity contribution is 5.92. The van der Waals surface area contributed by atoms with E-state index in [9.17, 15) is 9.59 Å². The number of benzene rings is 1. The van der Waals surface area contributed by atoms with E-state index in [0.29, 0.717) is 37.4 Å². The van der Waals surface area contributed by atoms with Crippen molar-refractivity contribution in [2.75, 3.05) is 36.5 Å². The molecule has 1 aromatic heterocycles. The number of urea groups is 1. The largest absolute Gasteiger partial charge is 0.462 e. The minimum atomic E-state index is -0.368. The topological polar surface area (TPSA) is 87.7 Å². The van der Waals surface area contributed by atoms with Gasteiger partial charge >= 0.3 is 12.0 Å². The van der Waals surface area contributed by atoms with Gasteiger partial charge in [0, 0.05) is 37.3 Å². The van der Waals surface area contributed by atoms with Gasteiger partial charge in [-0.25, -0.2) is 19.6 Å². The van der Waals surface area contributed by atoms with E-state index in [-0.39, 0.29) is 12.0 Å². The zero-order chi connectivity index (χ0) is 22.7. The van der Waals surface area contributed by atoms with Crippen molar-refractivity contribution in [3.63, 3.8) is 0 Å². The first kappa shape index (κ1) is 22.0. The molecule has 0 atom stereocenters. The molecule has 0 unspecified atom stereocenters. The van der Waals surface area contributed by atoms with E-state index in [1.54, 1.807) is 36.1 Å². The molecule has 0 radical (unpaired) electrons. The Kier molecular flexibility index (Phi) is 6.58. The lowest BCUT2D eigenvalue weighted by atomic mass is 9.98. The highest BCUT2D eigenvalue weighted by Gasteiger charge is 2.28. The molecule has 0 spiro atoms. The normalized spacial score (nSPS) is 16.5. The number of piperidine rings is 1. The fraction of sp³-hybridized carbons (Fsp3) is 0.500. The zero-order valence-electron chi connectivity index (χ0n) is 19.1. The monoisotopic (exact) mass is 437 g/mol. The molecule has 170 valence electrons. The van der Waals surface area contributed by atoms with Crippen LogP contribution in [0.4, 0.5) is 16.3 Å². The van der Waals surface area contributed by atoms with E-state index in [4.69, 9.17) is 9.72 Å². The van der Waals surface area contributed by atoms with Gasteiger partial charge in [-0.05, 0) is 56.9 Å². The number of ether oxygens (including phenoxy) is 1. The number of nitrogens with one attached hydrogen (secondary N) is 1. The molecule has 2 aliphatic rings. The second kappa shape index (κ2) is 9.54. The Morgan fingerprint density at radius 2 is 1.84 bits per heavy atom. The Hall–Kier alpha value is -3.16. The average molecular weight is 438 g/mol. The van der Waals surface area contributed by atoms with Crippen molar-refractivity contribution in [2.24, 2.45) is 5.92 Å². The van der Waals surface area contributed by atoms with Crippen LogP contribution in [0.25, 0.3) is 0 Å². The lowest BCUT2D eigenvalue weighted by Gasteiger charge is -2.36. The van der Waals surface area contributed by atoms with Gasteiger partial charge in [-0.1, -0.05) is 6.92 Å². The van der Waals surface area contributed by atoms with Gasteiger partial charge in [-0.15, -0.1) is 0 Å². The summed E-state index contributed by atoms with van der Waals surface area (Å²) < 4.78 is 5.00. The summed E-state index contributed by atoms with van der Waals surface area (Å²) >= 11 is 0. The maximum atomic E-state index is 13.0. The summed E-state index contributed by atoms with van der Waals surface area (Å²) in [6.45, 7) is 9.41. The highest BCUT2D eigenvalue weighted by atomic mass is 16.5. The van der Waals surface area contributed by atoms with Crippen molar-refractivity contribution in [3.8, 4) is 0 Å². The van der Waals surface area contributed by atoms with E-state index < -0.39 is 0 Å². The predicted octanol–water partition coefficient (Wildman–Crippen LogP) is 3.79. The summed E-state index contributed by atoms with van der Waals surface area (Å²) in [7, 11) is 0. The van der Waals surface area contributed by atoms with E-state index in [2.05, 4.69) is 22.1 Å². The number of nitrogens with zero attached hydrogens (tertiary/aromatic N) is 4. The number of amides is 2. The molecule has 8 nitrogen and oxygen atoms in total. The number of fused-ring (bicyclic) bond motifs is 1. The number of anilines is 2. The predicted molar refractivity (Wildman–Crippen MR) is 123 cm³/mol. The molecule has 1 fully saturated rings. The molecule has 1 N–H and O–H groups in total. The number of carbonyl (C=O) groups is 2. The van der Waals surface area contributed by atoms with Crippen LogP contribution in [0.5, 0.6) is 0 Å². The minimum absolute atomic E-state index is 0.168. The van der Waals surface area contributed by atoms with Gasteiger partial charge in [0.1, 0.15) is 11.6 Å². The molecule has 1 aromatic carbocycles. The molecule has 32 heavy (non-hydrogen) atoms. The summed E-state index contributed by atoms with van der Waals surface area (Å²) in [4.78, 5) is 38.4. The first-order valence-corrected chi connectivity index (χ1v) is 11.4. The standard InChI is InChI=1S/C24H31N5O3/c1-4-32-23(30)18-5-7-19(8-6-18)27-24(31)29-14-11-21-20(15-29)22(26-17(3)25-21)28-12-9-16(2)10-13-28/h5-8,16H,4,9-15H2,1-3H3,(H,27,31). The maximum Gasteiger partial charge on any atom is 0.338 e. The summed E-state index contributed by atoms with van der Waals surface area (Å²) in [5.74, 6) is 2.14. The van der Waals surface area contributed by atoms with Crippen LogP contribution < -0.4 is 10.2 Å². The Labute approximate surface area is 189 Å². The van der Waals surface area contributed by atoms with Crippen molar-refractivity contribution < 1.29 is 14.3 Å². The van der Waals surface area contributed by atoms with Crippen LogP contribution in [0.1, 0.15) is 54.1 Å². The van der Waals surface area contributed by atoms with Crippen molar-refractivity contribution in [1.82, 2.24) is 14.9 Å². The summed E-state index contributed by atoms with van der Waals surface area (Å²) in [5.41, 5.74) is 3.21. The number of rotatable bonds is 4. The Bertz CT molecular complexity index is 984. The van der Waals surface area contributed by atoms with Gasteiger partial charge in [0.05, 0.1) is 24.4 Å². The fourth-order valence-corrected chi connectivity index (χ4v) is 4.28. The van der Waals surface area contributed by atoms with Gasteiger partial charge in [-0.2, -0.15) is 0 Å². The molecule has 0 bridgehead atoms. The molecule has 2 amide bonds. The second-order valence-electron chi connectivity index (χ2n) is 8.59. The zero-order valence-corrected chi connectivity index (χ0v) is 19.1. The third-order valence-corrected chi connectivity index (χ3v) is 6.17. The third kappa shape index (κ3) is 4.84. The first-order valence-electron chi connectivity index (χ1n) is 11.4. The van der Waals surface area contributed by atoms with Crippen LogP contribution in [-0.4, -0.2) is 53.1 Å². The number of esters is 1. The van der Waals surface area contributed by atoms with Crippen LogP contribution in [0.15, 0.2) is 24.3 Å². The van der Waals surface area contributed by atoms with Crippen molar-refractivity contribution in [3.05, 3.63) is 46.9 Å². The molecule has 2 aliphatic heterocycles. The molecule has 8 heteroatoms. The molecule has 0 aliphatic carbocycles. The molecule has 0 saturated carbocycles.